The number of hydrogen-bond acceptors (Lipinski definition) is 4. The molecule has 1 rings (SSSR count). The SMILES string of the molecule is NC1=NC=NC(F)N1. The zero-order chi connectivity index (χ0) is 5.98. The maximum absolute atomic E-state index is 12.0. The fourth-order valence-electron chi connectivity index (χ4n) is 0.351. The lowest BCUT2D eigenvalue weighted by atomic mass is 10.8. The van der Waals surface area contributed by atoms with Crippen molar-refractivity contribution in [1.82, 2.24) is 5.32 Å². The first kappa shape index (κ1) is 5.02. The summed E-state index contributed by atoms with van der Waals surface area (Å²) in [6.07, 6.45) is -0.344. The van der Waals surface area contributed by atoms with Gasteiger partial charge in [-0.2, -0.15) is 4.39 Å². The molecule has 0 aliphatic carbocycles. The van der Waals surface area contributed by atoms with E-state index in [0.717, 1.165) is 6.34 Å². The highest BCUT2D eigenvalue weighted by Gasteiger charge is 2.04. The molecule has 0 bridgehead atoms. The Hall–Kier alpha value is -1.13. The molecule has 4 nitrogen and oxygen atoms in total. The van der Waals surface area contributed by atoms with Gasteiger partial charge in [0.05, 0.1) is 0 Å². The van der Waals surface area contributed by atoms with Gasteiger partial charge < -0.3 is 11.1 Å². The molecule has 0 aromatic heterocycles. The van der Waals surface area contributed by atoms with E-state index in [1.165, 1.54) is 0 Å². The van der Waals surface area contributed by atoms with Gasteiger partial charge in [0.1, 0.15) is 6.34 Å². The van der Waals surface area contributed by atoms with Crippen molar-refractivity contribution in [1.29, 1.82) is 0 Å². The lowest BCUT2D eigenvalue weighted by Gasteiger charge is -2.07. The van der Waals surface area contributed by atoms with Crippen LogP contribution < -0.4 is 11.1 Å². The van der Waals surface area contributed by atoms with Gasteiger partial charge >= 0.3 is 0 Å². The predicted molar refractivity (Wildman–Crippen MR) is 28.1 cm³/mol. The molecule has 0 radical (unpaired) electrons. The van der Waals surface area contributed by atoms with E-state index >= 15 is 0 Å². The average Bonchev–Trinajstić information content (AvgIpc) is 1.64. The number of aliphatic imine (C=N–C) groups is 2. The Kier molecular flexibility index (Phi) is 1.11. The number of guanidine groups is 1. The van der Waals surface area contributed by atoms with E-state index in [9.17, 15) is 4.39 Å². The van der Waals surface area contributed by atoms with Crippen LogP contribution in [0.15, 0.2) is 9.98 Å². The number of halogens is 1. The molecule has 44 valence electrons. The molecule has 0 fully saturated rings. The third-order valence-electron chi connectivity index (χ3n) is 0.661. The number of nitrogens with one attached hydrogen (secondary N) is 1. The maximum Gasteiger partial charge on any atom is 0.268 e. The summed E-state index contributed by atoms with van der Waals surface area (Å²) >= 11 is 0. The molecule has 0 aromatic carbocycles. The molecule has 8 heavy (non-hydrogen) atoms. The topological polar surface area (TPSA) is 62.8 Å². The molecule has 5 heteroatoms. The van der Waals surface area contributed by atoms with E-state index < -0.39 is 6.42 Å². The van der Waals surface area contributed by atoms with Crippen molar-refractivity contribution in [2.24, 2.45) is 15.7 Å². The van der Waals surface area contributed by atoms with Crippen molar-refractivity contribution in [3.8, 4) is 0 Å². The van der Waals surface area contributed by atoms with Gasteiger partial charge in [0.15, 0.2) is 5.96 Å². The fraction of sp³-hybridized carbons (Fsp3) is 0.333. The summed E-state index contributed by atoms with van der Waals surface area (Å²) in [5.41, 5.74) is 5.03. The minimum atomic E-state index is -1.42. The fourth-order valence-corrected chi connectivity index (χ4v) is 0.351. The van der Waals surface area contributed by atoms with Crippen molar-refractivity contribution < 1.29 is 4.39 Å². The summed E-state index contributed by atoms with van der Waals surface area (Å²) in [7, 11) is 0. The summed E-state index contributed by atoms with van der Waals surface area (Å²) < 4.78 is 12.0. The van der Waals surface area contributed by atoms with Gasteiger partial charge in [-0.1, -0.05) is 0 Å². The van der Waals surface area contributed by atoms with Crippen LogP contribution in [0.4, 0.5) is 4.39 Å². The molecule has 1 aliphatic rings. The van der Waals surface area contributed by atoms with Gasteiger partial charge in [0.25, 0.3) is 6.42 Å². The Labute approximate surface area is 45.3 Å². The summed E-state index contributed by atoms with van der Waals surface area (Å²) in [5, 5.41) is 2.14. The van der Waals surface area contributed by atoms with Gasteiger partial charge in [-0.3, -0.25) is 0 Å². The molecule has 0 spiro atoms. The molecule has 0 saturated heterocycles. The molecular formula is C3H5FN4. The minimum absolute atomic E-state index is 0.0625. The smallest absolute Gasteiger partial charge is 0.268 e. The van der Waals surface area contributed by atoms with Crippen molar-refractivity contribution in [3.05, 3.63) is 0 Å². The van der Waals surface area contributed by atoms with Crippen LogP contribution >= 0.6 is 0 Å². The van der Waals surface area contributed by atoms with Gasteiger partial charge in [-0.15, -0.1) is 0 Å². The zero-order valence-electron chi connectivity index (χ0n) is 4.00. The second-order valence-corrected chi connectivity index (χ2v) is 1.26. The molecule has 1 heterocycles. The average molecular weight is 116 g/mol. The normalized spacial score (nSPS) is 26.6. The van der Waals surface area contributed by atoms with E-state index in [1.54, 1.807) is 0 Å². The van der Waals surface area contributed by atoms with Crippen LogP contribution in [0, 0.1) is 0 Å². The lowest BCUT2D eigenvalue weighted by Crippen LogP contribution is -2.38. The first-order valence-electron chi connectivity index (χ1n) is 2.04. The van der Waals surface area contributed by atoms with Crippen molar-refractivity contribution >= 4 is 12.3 Å². The Bertz CT molecular complexity index is 140. The highest BCUT2D eigenvalue weighted by atomic mass is 19.1. The van der Waals surface area contributed by atoms with E-state index in [-0.39, 0.29) is 5.96 Å². The van der Waals surface area contributed by atoms with E-state index in [2.05, 4.69) is 15.3 Å². The first-order chi connectivity index (χ1) is 3.79. The van der Waals surface area contributed by atoms with Crippen molar-refractivity contribution in [2.75, 3.05) is 0 Å². The molecule has 3 N–H and O–H groups in total. The van der Waals surface area contributed by atoms with Crippen LogP contribution in [-0.2, 0) is 0 Å². The number of nitrogens with zero attached hydrogens (tertiary/aromatic N) is 2. The number of rotatable bonds is 0. The Morgan fingerprint density at radius 3 is 3.00 bits per heavy atom. The Morgan fingerprint density at radius 1 is 1.88 bits per heavy atom. The van der Waals surface area contributed by atoms with Crippen LogP contribution in [0.5, 0.6) is 0 Å². The number of alkyl halides is 1. The van der Waals surface area contributed by atoms with Gasteiger partial charge in [-0.25, -0.2) is 9.98 Å². The van der Waals surface area contributed by atoms with E-state index in [4.69, 9.17) is 5.73 Å². The molecule has 1 unspecified atom stereocenters. The van der Waals surface area contributed by atoms with Gasteiger partial charge in [0.2, 0.25) is 0 Å². The van der Waals surface area contributed by atoms with Crippen molar-refractivity contribution in [3.63, 3.8) is 0 Å². The zero-order valence-corrected chi connectivity index (χ0v) is 4.00. The number of hydrogen-bond donors (Lipinski definition) is 2. The molecule has 1 atom stereocenters. The largest absolute Gasteiger partial charge is 0.370 e. The summed E-state index contributed by atoms with van der Waals surface area (Å²) in [5.74, 6) is 0.0625. The third kappa shape index (κ3) is 0.927. The highest BCUT2D eigenvalue weighted by molar-refractivity contribution is 5.87. The summed E-state index contributed by atoms with van der Waals surface area (Å²) in [6, 6.07) is 0. The maximum atomic E-state index is 12.0. The summed E-state index contributed by atoms with van der Waals surface area (Å²) in [4.78, 5) is 6.64. The van der Waals surface area contributed by atoms with Crippen LogP contribution in [0.25, 0.3) is 0 Å². The monoisotopic (exact) mass is 116 g/mol. The standard InChI is InChI=1S/C3H5FN4/c4-2-6-1-7-3(5)8-2/h1-2H,(H3,5,6,7,8). The third-order valence-corrected chi connectivity index (χ3v) is 0.661. The van der Waals surface area contributed by atoms with E-state index in [1.807, 2.05) is 0 Å². The van der Waals surface area contributed by atoms with E-state index in [0.29, 0.717) is 0 Å². The van der Waals surface area contributed by atoms with Crippen LogP contribution in [0.1, 0.15) is 0 Å². The second-order valence-electron chi connectivity index (χ2n) is 1.26. The lowest BCUT2D eigenvalue weighted by molar-refractivity contribution is 0.322. The van der Waals surface area contributed by atoms with Crippen LogP contribution in [-0.4, -0.2) is 18.7 Å². The quantitative estimate of drug-likeness (QED) is 0.406. The Balaban J connectivity index is 2.59. The van der Waals surface area contributed by atoms with Crippen molar-refractivity contribution in [2.45, 2.75) is 6.42 Å². The van der Waals surface area contributed by atoms with Crippen LogP contribution in [0.3, 0.4) is 0 Å². The number of nitrogens with two attached hydrogens (primary N) is 1. The second kappa shape index (κ2) is 1.77. The molecule has 0 aromatic rings. The Morgan fingerprint density at radius 2 is 2.62 bits per heavy atom. The summed E-state index contributed by atoms with van der Waals surface area (Å²) in [6.45, 7) is 0. The molecule has 0 saturated carbocycles. The molecule has 1 aliphatic heterocycles. The highest BCUT2D eigenvalue weighted by Crippen LogP contribution is 1.88. The van der Waals surface area contributed by atoms with Gasteiger partial charge in [0, 0.05) is 0 Å². The van der Waals surface area contributed by atoms with Crippen LogP contribution in [0.2, 0.25) is 0 Å². The van der Waals surface area contributed by atoms with Gasteiger partial charge in [-0.05, 0) is 0 Å². The molecular weight excluding hydrogens is 111 g/mol. The predicted octanol–water partition coefficient (Wildman–Crippen LogP) is -0.814. The molecule has 0 amide bonds. The minimum Gasteiger partial charge on any atom is -0.370 e. The first-order valence-corrected chi connectivity index (χ1v) is 2.04.